The number of carbonyl (C=O) groups is 1. The van der Waals surface area contributed by atoms with Gasteiger partial charge in [-0.05, 0) is 62.4 Å². The molecule has 0 radical (unpaired) electrons. The van der Waals surface area contributed by atoms with Gasteiger partial charge in [0.1, 0.15) is 5.75 Å². The van der Waals surface area contributed by atoms with E-state index in [0.717, 1.165) is 32.1 Å². The van der Waals surface area contributed by atoms with E-state index in [2.05, 4.69) is 17.4 Å². The summed E-state index contributed by atoms with van der Waals surface area (Å²) in [5.74, 6) is 0.278. The molecule has 1 N–H and O–H groups in total. The Bertz CT molecular complexity index is 908. The highest BCUT2D eigenvalue weighted by molar-refractivity contribution is 7.89. The molecule has 1 amide bonds. The summed E-state index contributed by atoms with van der Waals surface area (Å²) in [7, 11) is -3.46. The van der Waals surface area contributed by atoms with Crippen molar-refractivity contribution in [3.8, 4) is 5.75 Å². The first-order valence-corrected chi connectivity index (χ1v) is 12.0. The predicted octanol–water partition coefficient (Wildman–Crippen LogP) is 3.38. The van der Waals surface area contributed by atoms with E-state index in [-0.39, 0.29) is 23.5 Å². The number of rotatable bonds is 9. The molecule has 1 saturated heterocycles. The maximum Gasteiger partial charge on any atom is 0.258 e. The summed E-state index contributed by atoms with van der Waals surface area (Å²) >= 11 is 0. The first-order valence-electron chi connectivity index (χ1n) is 10.5. The molecule has 0 aliphatic carbocycles. The molecule has 1 atom stereocenters. The van der Waals surface area contributed by atoms with E-state index in [0.29, 0.717) is 18.8 Å². The van der Waals surface area contributed by atoms with Crippen LogP contribution in [-0.2, 0) is 21.2 Å². The third-order valence-corrected chi connectivity index (χ3v) is 7.18. The van der Waals surface area contributed by atoms with Gasteiger partial charge in [-0.15, -0.1) is 0 Å². The lowest BCUT2D eigenvalue weighted by atomic mass is 10.1. The summed E-state index contributed by atoms with van der Waals surface area (Å²) in [5, 5.41) is 2.93. The van der Waals surface area contributed by atoms with Crippen molar-refractivity contribution >= 4 is 15.9 Å². The fourth-order valence-electron chi connectivity index (χ4n) is 3.53. The Morgan fingerprint density at radius 1 is 1.03 bits per heavy atom. The van der Waals surface area contributed by atoms with Gasteiger partial charge in [-0.2, -0.15) is 4.31 Å². The molecule has 1 heterocycles. The monoisotopic (exact) mass is 430 g/mol. The molecule has 3 rings (SSSR count). The summed E-state index contributed by atoms with van der Waals surface area (Å²) in [6.45, 7) is 3.02. The molecule has 1 fully saturated rings. The Morgan fingerprint density at radius 3 is 2.37 bits per heavy atom. The van der Waals surface area contributed by atoms with Crippen molar-refractivity contribution in [2.45, 2.75) is 50.0 Å². The van der Waals surface area contributed by atoms with Crippen LogP contribution in [0.4, 0.5) is 0 Å². The standard InChI is InChI=1S/C23H30N2O4S/c1-19(10-11-20-8-4-2-5-9-20)24-23(26)18-29-21-12-14-22(15-13-21)30(27,28)25-16-6-3-7-17-25/h2,4-5,8-9,12-15,19H,3,6-7,10-11,16-18H2,1H3,(H,24,26)/t19-/m0/s1. The molecule has 0 unspecified atom stereocenters. The number of amides is 1. The molecule has 0 spiro atoms. The minimum atomic E-state index is -3.46. The van der Waals surface area contributed by atoms with Gasteiger partial charge < -0.3 is 10.1 Å². The van der Waals surface area contributed by atoms with Gasteiger partial charge in [0.25, 0.3) is 5.91 Å². The summed E-state index contributed by atoms with van der Waals surface area (Å²) in [6.07, 6.45) is 4.62. The Morgan fingerprint density at radius 2 is 1.70 bits per heavy atom. The van der Waals surface area contributed by atoms with Crippen LogP contribution in [0.5, 0.6) is 5.75 Å². The summed E-state index contributed by atoms with van der Waals surface area (Å²) in [6, 6.07) is 16.5. The maximum atomic E-state index is 12.7. The Balaban J connectivity index is 1.44. The molecule has 2 aromatic rings. The van der Waals surface area contributed by atoms with Gasteiger partial charge in [-0.25, -0.2) is 8.42 Å². The Hall–Kier alpha value is -2.38. The van der Waals surface area contributed by atoms with E-state index >= 15 is 0 Å². The number of nitrogens with zero attached hydrogens (tertiary/aromatic N) is 1. The maximum absolute atomic E-state index is 12.7. The number of piperidine rings is 1. The molecule has 1 aliphatic heterocycles. The quantitative estimate of drug-likeness (QED) is 0.662. The SMILES string of the molecule is C[C@@H](CCc1ccccc1)NC(=O)COc1ccc(S(=O)(=O)N2CCCCC2)cc1. The lowest BCUT2D eigenvalue weighted by Crippen LogP contribution is -2.36. The fourth-order valence-corrected chi connectivity index (χ4v) is 5.04. The summed E-state index contributed by atoms with van der Waals surface area (Å²) in [5.41, 5.74) is 1.24. The molecule has 7 heteroatoms. The zero-order valence-electron chi connectivity index (χ0n) is 17.4. The van der Waals surface area contributed by atoms with Crippen molar-refractivity contribution < 1.29 is 17.9 Å². The van der Waals surface area contributed by atoms with E-state index in [4.69, 9.17) is 4.74 Å². The van der Waals surface area contributed by atoms with Crippen LogP contribution in [0.3, 0.4) is 0 Å². The van der Waals surface area contributed by atoms with Crippen LogP contribution in [0.25, 0.3) is 0 Å². The molecule has 0 saturated carbocycles. The van der Waals surface area contributed by atoms with Crippen LogP contribution >= 0.6 is 0 Å². The van der Waals surface area contributed by atoms with Crippen molar-refractivity contribution in [3.05, 3.63) is 60.2 Å². The number of hydrogen-bond acceptors (Lipinski definition) is 4. The van der Waals surface area contributed by atoms with Gasteiger partial charge in [0.15, 0.2) is 6.61 Å². The normalized spacial score (nSPS) is 16.0. The number of sulfonamides is 1. The van der Waals surface area contributed by atoms with Gasteiger partial charge in [-0.1, -0.05) is 36.8 Å². The van der Waals surface area contributed by atoms with E-state index in [9.17, 15) is 13.2 Å². The third-order valence-electron chi connectivity index (χ3n) is 5.26. The highest BCUT2D eigenvalue weighted by atomic mass is 32.2. The first kappa shape index (κ1) is 22.3. The van der Waals surface area contributed by atoms with E-state index in [1.54, 1.807) is 24.3 Å². The lowest BCUT2D eigenvalue weighted by Gasteiger charge is -2.25. The number of hydrogen-bond donors (Lipinski definition) is 1. The van der Waals surface area contributed by atoms with Gasteiger partial charge in [0, 0.05) is 19.1 Å². The lowest BCUT2D eigenvalue weighted by molar-refractivity contribution is -0.123. The van der Waals surface area contributed by atoms with Crippen LogP contribution < -0.4 is 10.1 Å². The highest BCUT2D eigenvalue weighted by Crippen LogP contribution is 2.22. The molecule has 30 heavy (non-hydrogen) atoms. The van der Waals surface area contributed by atoms with Gasteiger partial charge in [0.05, 0.1) is 4.90 Å². The zero-order chi connectivity index (χ0) is 21.4. The van der Waals surface area contributed by atoms with Crippen molar-refractivity contribution in [2.24, 2.45) is 0 Å². The molecular formula is C23H30N2O4S. The van der Waals surface area contributed by atoms with Gasteiger partial charge >= 0.3 is 0 Å². The number of benzene rings is 2. The molecular weight excluding hydrogens is 400 g/mol. The number of ether oxygens (including phenoxy) is 1. The van der Waals surface area contributed by atoms with Crippen molar-refractivity contribution in [1.29, 1.82) is 0 Å². The molecule has 2 aromatic carbocycles. The number of aryl methyl sites for hydroxylation is 1. The molecule has 1 aliphatic rings. The smallest absolute Gasteiger partial charge is 0.258 e. The van der Waals surface area contributed by atoms with Crippen molar-refractivity contribution in [1.82, 2.24) is 9.62 Å². The van der Waals surface area contributed by atoms with E-state index in [1.807, 2.05) is 25.1 Å². The van der Waals surface area contributed by atoms with Gasteiger partial charge in [-0.3, -0.25) is 4.79 Å². The number of carbonyl (C=O) groups excluding carboxylic acids is 1. The number of nitrogens with one attached hydrogen (secondary N) is 1. The third kappa shape index (κ3) is 6.31. The largest absolute Gasteiger partial charge is 0.484 e. The van der Waals surface area contributed by atoms with Gasteiger partial charge in [0.2, 0.25) is 10.0 Å². The van der Waals surface area contributed by atoms with Crippen LogP contribution in [0, 0.1) is 0 Å². The second kappa shape index (κ2) is 10.6. The molecule has 162 valence electrons. The van der Waals surface area contributed by atoms with E-state index < -0.39 is 10.0 Å². The Kier molecular flexibility index (Phi) is 7.87. The molecule has 0 bridgehead atoms. The van der Waals surface area contributed by atoms with E-state index in [1.165, 1.54) is 9.87 Å². The van der Waals surface area contributed by atoms with Crippen LogP contribution in [0.15, 0.2) is 59.5 Å². The second-order valence-corrected chi connectivity index (χ2v) is 9.66. The second-order valence-electron chi connectivity index (χ2n) is 7.72. The van der Waals surface area contributed by atoms with Crippen LogP contribution in [-0.4, -0.2) is 44.4 Å². The van der Waals surface area contributed by atoms with Crippen LogP contribution in [0.1, 0.15) is 38.2 Å². The predicted molar refractivity (Wildman–Crippen MR) is 117 cm³/mol. The summed E-state index contributed by atoms with van der Waals surface area (Å²) < 4.78 is 32.4. The van der Waals surface area contributed by atoms with Crippen molar-refractivity contribution in [3.63, 3.8) is 0 Å². The average Bonchev–Trinajstić information content (AvgIpc) is 2.78. The zero-order valence-corrected chi connectivity index (χ0v) is 18.2. The first-order chi connectivity index (χ1) is 14.4. The topological polar surface area (TPSA) is 75.7 Å². The fraction of sp³-hybridized carbons (Fsp3) is 0.435. The molecule has 0 aromatic heterocycles. The summed E-state index contributed by atoms with van der Waals surface area (Å²) in [4.78, 5) is 12.4. The highest BCUT2D eigenvalue weighted by Gasteiger charge is 2.25. The average molecular weight is 431 g/mol. The van der Waals surface area contributed by atoms with Crippen molar-refractivity contribution in [2.75, 3.05) is 19.7 Å². The minimum absolute atomic E-state index is 0.0402. The molecule has 6 nitrogen and oxygen atoms in total. The van der Waals surface area contributed by atoms with Crippen LogP contribution in [0.2, 0.25) is 0 Å². The minimum Gasteiger partial charge on any atom is -0.484 e. The Labute approximate surface area is 179 Å².